The number of hydrogen-bond acceptors (Lipinski definition) is 3. The average Bonchev–Trinajstić information content (AvgIpc) is 2.24. The first-order valence-electron chi connectivity index (χ1n) is 6.01. The zero-order chi connectivity index (χ0) is 10.9. The van der Waals surface area contributed by atoms with Crippen molar-refractivity contribution in [2.45, 2.75) is 56.5 Å². The van der Waals surface area contributed by atoms with Gasteiger partial charge in [-0.1, -0.05) is 19.3 Å². The van der Waals surface area contributed by atoms with Crippen molar-refractivity contribution in [3.05, 3.63) is 0 Å². The summed E-state index contributed by atoms with van der Waals surface area (Å²) in [5.74, 6) is 3.07. The van der Waals surface area contributed by atoms with E-state index in [1.807, 2.05) is 0 Å². The Kier molecular flexibility index (Phi) is 7.63. The maximum atomic E-state index is 10.7. The molecule has 1 fully saturated rings. The molecule has 1 saturated heterocycles. The van der Waals surface area contributed by atoms with Crippen LogP contribution in [0.3, 0.4) is 0 Å². The average molecular weight is 246 g/mol. The van der Waals surface area contributed by atoms with Crippen molar-refractivity contribution in [2.75, 3.05) is 11.5 Å². The monoisotopic (exact) mass is 246 g/mol. The zero-order valence-electron chi connectivity index (χ0n) is 9.67. The Morgan fingerprint density at radius 3 is 2.47 bits per heavy atom. The molecule has 0 aliphatic carbocycles. The molecule has 0 saturated carbocycles. The van der Waals surface area contributed by atoms with Crippen molar-refractivity contribution in [1.82, 2.24) is 0 Å². The highest BCUT2D eigenvalue weighted by molar-refractivity contribution is 8.17. The van der Waals surface area contributed by atoms with Gasteiger partial charge in [-0.05, 0) is 37.7 Å². The summed E-state index contributed by atoms with van der Waals surface area (Å²) >= 11 is 4.28. The fraction of sp³-hybridized carbons (Fsp3) is 0.917. The summed E-state index contributed by atoms with van der Waals surface area (Å²) < 4.78 is 0.867. The van der Waals surface area contributed by atoms with Crippen molar-refractivity contribution >= 4 is 29.3 Å². The van der Waals surface area contributed by atoms with Gasteiger partial charge in [0.15, 0.2) is 0 Å². The minimum absolute atomic E-state index is 0.341. The molecule has 0 amide bonds. The minimum Gasteiger partial charge on any atom is -0.300 e. The Balaban J connectivity index is 1.85. The summed E-state index contributed by atoms with van der Waals surface area (Å²) in [7, 11) is 0. The fourth-order valence-electron chi connectivity index (χ4n) is 1.74. The Bertz CT molecular complexity index is 176. The first-order valence-corrected chi connectivity index (χ1v) is 8.11. The summed E-state index contributed by atoms with van der Waals surface area (Å²) in [5.41, 5.74) is 0. The van der Waals surface area contributed by atoms with Gasteiger partial charge >= 0.3 is 0 Å². The zero-order valence-corrected chi connectivity index (χ0v) is 11.3. The molecular formula is C12H22OS2. The van der Waals surface area contributed by atoms with Gasteiger partial charge in [0.2, 0.25) is 0 Å². The quantitative estimate of drug-likeness (QED) is 0.629. The van der Waals surface area contributed by atoms with Crippen LogP contribution in [0, 0.1) is 0 Å². The Morgan fingerprint density at radius 2 is 1.80 bits per heavy atom. The van der Waals surface area contributed by atoms with Gasteiger partial charge in [-0.2, -0.15) is 0 Å². The highest BCUT2D eigenvalue weighted by Gasteiger charge is 2.13. The Labute approximate surface area is 102 Å². The van der Waals surface area contributed by atoms with E-state index >= 15 is 0 Å². The molecule has 1 aliphatic rings. The smallest absolute Gasteiger partial charge is 0.129 e. The van der Waals surface area contributed by atoms with E-state index in [2.05, 4.69) is 23.5 Å². The van der Waals surface area contributed by atoms with Crippen LogP contribution in [0.5, 0.6) is 0 Å². The van der Waals surface area contributed by atoms with E-state index in [0.29, 0.717) is 5.78 Å². The van der Waals surface area contributed by atoms with Crippen LogP contribution in [-0.4, -0.2) is 21.9 Å². The first kappa shape index (κ1) is 13.4. The van der Waals surface area contributed by atoms with Gasteiger partial charge < -0.3 is 4.79 Å². The van der Waals surface area contributed by atoms with E-state index in [-0.39, 0.29) is 0 Å². The molecule has 0 unspecified atom stereocenters. The molecule has 0 aromatic rings. The lowest BCUT2D eigenvalue weighted by atomic mass is 10.1. The normalized spacial score (nSPS) is 17.9. The lowest BCUT2D eigenvalue weighted by molar-refractivity contribution is -0.117. The first-order chi connectivity index (χ1) is 7.29. The molecule has 0 spiro atoms. The van der Waals surface area contributed by atoms with Gasteiger partial charge in [0, 0.05) is 6.42 Å². The van der Waals surface area contributed by atoms with Crippen molar-refractivity contribution < 1.29 is 4.79 Å². The molecule has 1 nitrogen and oxygen atoms in total. The standard InChI is InChI=1S/C12H22OS2/c1-11(13)7-4-2-3-5-8-12-14-9-6-10-15-12/h12H,2-10H2,1H3. The van der Waals surface area contributed by atoms with Crippen molar-refractivity contribution in [2.24, 2.45) is 0 Å². The number of unbranched alkanes of at least 4 members (excludes halogenated alkanes) is 3. The predicted octanol–water partition coefficient (Wildman–Crippen LogP) is 4.11. The van der Waals surface area contributed by atoms with Crippen LogP contribution in [0.15, 0.2) is 0 Å². The fourth-order valence-corrected chi connectivity index (χ4v) is 4.70. The van der Waals surface area contributed by atoms with E-state index in [1.54, 1.807) is 6.92 Å². The van der Waals surface area contributed by atoms with Gasteiger partial charge in [-0.15, -0.1) is 23.5 Å². The molecule has 1 aliphatic heterocycles. The van der Waals surface area contributed by atoms with Crippen molar-refractivity contribution in [3.8, 4) is 0 Å². The predicted molar refractivity (Wildman–Crippen MR) is 71.7 cm³/mol. The Morgan fingerprint density at radius 1 is 1.13 bits per heavy atom. The molecule has 0 aromatic carbocycles. The maximum Gasteiger partial charge on any atom is 0.129 e. The third-order valence-electron chi connectivity index (χ3n) is 2.61. The summed E-state index contributed by atoms with van der Waals surface area (Å²) in [4.78, 5) is 10.7. The number of ketones is 1. The molecule has 0 aromatic heterocycles. The van der Waals surface area contributed by atoms with Crippen LogP contribution >= 0.6 is 23.5 Å². The van der Waals surface area contributed by atoms with Crippen LogP contribution in [0.2, 0.25) is 0 Å². The summed E-state index contributed by atoms with van der Waals surface area (Å²) in [6, 6.07) is 0. The third-order valence-corrected chi connectivity index (χ3v) is 5.70. The number of carbonyl (C=O) groups is 1. The lowest BCUT2D eigenvalue weighted by Gasteiger charge is -2.20. The third kappa shape index (κ3) is 7.29. The lowest BCUT2D eigenvalue weighted by Crippen LogP contribution is -2.06. The van der Waals surface area contributed by atoms with E-state index < -0.39 is 0 Å². The molecule has 1 rings (SSSR count). The van der Waals surface area contributed by atoms with Crippen LogP contribution in [0.25, 0.3) is 0 Å². The molecule has 0 atom stereocenters. The molecule has 0 N–H and O–H groups in total. The number of carbonyl (C=O) groups excluding carboxylic acids is 1. The topological polar surface area (TPSA) is 17.1 Å². The number of thioether (sulfide) groups is 2. The van der Waals surface area contributed by atoms with Gasteiger partial charge in [-0.25, -0.2) is 0 Å². The van der Waals surface area contributed by atoms with Crippen LogP contribution in [-0.2, 0) is 4.79 Å². The summed E-state index contributed by atoms with van der Waals surface area (Å²) in [5, 5.41) is 0. The molecule has 15 heavy (non-hydrogen) atoms. The number of Topliss-reactive ketones (excluding diaryl/α,β-unsaturated/α-hetero) is 1. The van der Waals surface area contributed by atoms with E-state index in [4.69, 9.17) is 0 Å². The maximum absolute atomic E-state index is 10.7. The van der Waals surface area contributed by atoms with Crippen molar-refractivity contribution in [3.63, 3.8) is 0 Å². The van der Waals surface area contributed by atoms with Crippen LogP contribution in [0.1, 0.15) is 51.9 Å². The molecule has 3 heteroatoms. The van der Waals surface area contributed by atoms with Crippen LogP contribution in [0.4, 0.5) is 0 Å². The molecule has 0 bridgehead atoms. The number of hydrogen-bond donors (Lipinski definition) is 0. The largest absolute Gasteiger partial charge is 0.300 e. The van der Waals surface area contributed by atoms with Crippen molar-refractivity contribution in [1.29, 1.82) is 0 Å². The number of rotatable bonds is 7. The summed E-state index contributed by atoms with van der Waals surface area (Å²) in [6.45, 7) is 1.69. The molecule has 0 radical (unpaired) electrons. The second-order valence-corrected chi connectivity index (χ2v) is 7.10. The van der Waals surface area contributed by atoms with Gasteiger partial charge in [0.25, 0.3) is 0 Å². The second kappa shape index (κ2) is 8.51. The summed E-state index contributed by atoms with van der Waals surface area (Å²) in [6.07, 6.45) is 8.54. The van der Waals surface area contributed by atoms with E-state index in [9.17, 15) is 4.79 Å². The van der Waals surface area contributed by atoms with E-state index in [1.165, 1.54) is 43.6 Å². The van der Waals surface area contributed by atoms with Gasteiger partial charge in [0.1, 0.15) is 5.78 Å². The molecular weight excluding hydrogens is 224 g/mol. The molecule has 1 heterocycles. The minimum atomic E-state index is 0.341. The van der Waals surface area contributed by atoms with Crippen LogP contribution < -0.4 is 0 Å². The van der Waals surface area contributed by atoms with Gasteiger partial charge in [0.05, 0.1) is 4.58 Å². The highest BCUT2D eigenvalue weighted by atomic mass is 32.2. The second-order valence-electron chi connectivity index (χ2n) is 4.18. The van der Waals surface area contributed by atoms with Gasteiger partial charge in [-0.3, -0.25) is 0 Å². The SMILES string of the molecule is CC(=O)CCCCCCC1SCCCS1. The highest BCUT2D eigenvalue weighted by Crippen LogP contribution is 2.34. The Hall–Kier alpha value is 0.370. The van der Waals surface area contributed by atoms with E-state index in [0.717, 1.165) is 17.4 Å². The molecule has 88 valence electrons.